The molecule has 3 heterocycles. The fourth-order valence-electron chi connectivity index (χ4n) is 4.40. The van der Waals surface area contributed by atoms with Crippen molar-refractivity contribution in [3.05, 3.63) is 34.9 Å². The Morgan fingerprint density at radius 1 is 1.30 bits per heavy atom. The van der Waals surface area contributed by atoms with Crippen LogP contribution >= 0.6 is 0 Å². The molecule has 7 nitrogen and oxygen atoms in total. The molecule has 3 aliphatic heterocycles. The number of nitrogens with one attached hydrogen (secondary N) is 3. The van der Waals surface area contributed by atoms with Crippen molar-refractivity contribution < 1.29 is 14.4 Å². The second-order valence-corrected chi connectivity index (χ2v) is 8.04. The van der Waals surface area contributed by atoms with Crippen LogP contribution in [0, 0.1) is 0 Å². The lowest BCUT2D eigenvalue weighted by Crippen LogP contribution is -2.52. The molecule has 7 heteroatoms. The number of rotatable bonds is 5. The molecule has 144 valence electrons. The molecule has 0 aromatic heterocycles. The quantitative estimate of drug-likeness (QED) is 0.663. The van der Waals surface area contributed by atoms with Crippen LogP contribution in [-0.4, -0.2) is 47.3 Å². The van der Waals surface area contributed by atoms with E-state index in [4.69, 9.17) is 0 Å². The molecule has 0 radical (unpaired) electrons. The number of imide groups is 1. The number of benzene rings is 1. The molecular formula is C20H26N4O3. The van der Waals surface area contributed by atoms with Gasteiger partial charge in [0.25, 0.3) is 5.91 Å². The zero-order chi connectivity index (χ0) is 19.0. The normalized spacial score (nSPS) is 27.8. The average molecular weight is 370 g/mol. The van der Waals surface area contributed by atoms with E-state index in [0.717, 1.165) is 30.6 Å². The fraction of sp³-hybridized carbons (Fsp3) is 0.550. The van der Waals surface area contributed by atoms with Crippen LogP contribution < -0.4 is 16.0 Å². The highest BCUT2D eigenvalue weighted by molar-refractivity contribution is 6.05. The Morgan fingerprint density at radius 2 is 2.15 bits per heavy atom. The molecule has 2 atom stereocenters. The van der Waals surface area contributed by atoms with Crippen molar-refractivity contribution in [3.8, 4) is 0 Å². The molecule has 0 aliphatic carbocycles. The van der Waals surface area contributed by atoms with E-state index >= 15 is 0 Å². The molecule has 0 spiro atoms. The summed E-state index contributed by atoms with van der Waals surface area (Å²) in [4.78, 5) is 38.0. The lowest BCUT2D eigenvalue weighted by molar-refractivity contribution is -0.136. The SMILES string of the molecule is CC1(CNCc2cccc3c2CN(C2CCC(=O)NC2=O)C3=O)CCCN1. The van der Waals surface area contributed by atoms with Crippen molar-refractivity contribution in [1.29, 1.82) is 0 Å². The molecule has 4 rings (SSSR count). The van der Waals surface area contributed by atoms with E-state index in [1.54, 1.807) is 4.90 Å². The van der Waals surface area contributed by atoms with Crippen LogP contribution in [0.5, 0.6) is 0 Å². The van der Waals surface area contributed by atoms with Crippen LogP contribution in [0.1, 0.15) is 54.1 Å². The highest BCUT2D eigenvalue weighted by atomic mass is 16.2. The van der Waals surface area contributed by atoms with E-state index in [9.17, 15) is 14.4 Å². The summed E-state index contributed by atoms with van der Waals surface area (Å²) >= 11 is 0. The Kier molecular flexibility index (Phi) is 4.74. The third-order valence-electron chi connectivity index (χ3n) is 5.97. The Morgan fingerprint density at radius 3 is 2.89 bits per heavy atom. The van der Waals surface area contributed by atoms with Crippen molar-refractivity contribution >= 4 is 17.7 Å². The first-order valence-electron chi connectivity index (χ1n) is 9.68. The molecule has 1 aromatic rings. The Balaban J connectivity index is 1.46. The van der Waals surface area contributed by atoms with Crippen LogP contribution in [0.25, 0.3) is 0 Å². The van der Waals surface area contributed by atoms with Gasteiger partial charge in [0.05, 0.1) is 0 Å². The number of amides is 3. The van der Waals surface area contributed by atoms with Gasteiger partial charge in [0.15, 0.2) is 0 Å². The molecule has 2 fully saturated rings. The van der Waals surface area contributed by atoms with E-state index in [1.807, 2.05) is 18.2 Å². The standard InChI is InChI=1S/C20H26N4O3/c1-20(8-3-9-22-20)12-21-10-13-4-2-5-14-15(13)11-24(19(14)27)16-6-7-17(25)23-18(16)26/h2,4-5,16,21-22H,3,6-12H2,1H3,(H,23,25,26). The Labute approximate surface area is 158 Å². The minimum Gasteiger partial charge on any atom is -0.322 e. The monoisotopic (exact) mass is 370 g/mol. The maximum Gasteiger partial charge on any atom is 0.255 e. The summed E-state index contributed by atoms with van der Waals surface area (Å²) in [6.45, 7) is 5.29. The average Bonchev–Trinajstić information content (AvgIpc) is 3.20. The molecule has 2 saturated heterocycles. The maximum absolute atomic E-state index is 12.8. The van der Waals surface area contributed by atoms with Gasteiger partial charge in [-0.25, -0.2) is 0 Å². The zero-order valence-corrected chi connectivity index (χ0v) is 15.6. The van der Waals surface area contributed by atoms with Gasteiger partial charge in [-0.2, -0.15) is 0 Å². The highest BCUT2D eigenvalue weighted by Crippen LogP contribution is 2.30. The van der Waals surface area contributed by atoms with Crippen LogP contribution in [-0.2, 0) is 22.7 Å². The number of nitrogens with zero attached hydrogens (tertiary/aromatic N) is 1. The van der Waals surface area contributed by atoms with Gasteiger partial charge in [-0.05, 0) is 49.9 Å². The predicted molar refractivity (Wildman–Crippen MR) is 99.8 cm³/mol. The Hall–Kier alpha value is -2.25. The molecule has 27 heavy (non-hydrogen) atoms. The van der Waals surface area contributed by atoms with Crippen LogP contribution in [0.15, 0.2) is 18.2 Å². The molecule has 2 unspecified atom stereocenters. The lowest BCUT2D eigenvalue weighted by atomic mass is 9.99. The van der Waals surface area contributed by atoms with E-state index in [2.05, 4.69) is 22.9 Å². The summed E-state index contributed by atoms with van der Waals surface area (Å²) in [5.74, 6) is -0.752. The molecular weight excluding hydrogens is 344 g/mol. The molecule has 1 aromatic carbocycles. The third kappa shape index (κ3) is 3.49. The summed E-state index contributed by atoms with van der Waals surface area (Å²) in [6, 6.07) is 5.20. The van der Waals surface area contributed by atoms with Gasteiger partial charge in [-0.1, -0.05) is 12.1 Å². The number of piperidine rings is 1. The number of hydrogen-bond donors (Lipinski definition) is 3. The van der Waals surface area contributed by atoms with Crippen LogP contribution in [0.2, 0.25) is 0 Å². The van der Waals surface area contributed by atoms with Gasteiger partial charge >= 0.3 is 0 Å². The van der Waals surface area contributed by atoms with E-state index < -0.39 is 6.04 Å². The van der Waals surface area contributed by atoms with Crippen molar-refractivity contribution in [2.75, 3.05) is 13.1 Å². The number of hydrogen-bond acceptors (Lipinski definition) is 5. The molecule has 3 N–H and O–H groups in total. The first kappa shape index (κ1) is 18.1. The first-order valence-corrected chi connectivity index (χ1v) is 9.68. The van der Waals surface area contributed by atoms with Gasteiger partial charge in [-0.3, -0.25) is 19.7 Å². The van der Waals surface area contributed by atoms with E-state index in [1.165, 1.54) is 6.42 Å². The van der Waals surface area contributed by atoms with Crippen molar-refractivity contribution in [2.24, 2.45) is 0 Å². The zero-order valence-electron chi connectivity index (χ0n) is 15.6. The minimum absolute atomic E-state index is 0.120. The minimum atomic E-state index is -0.565. The van der Waals surface area contributed by atoms with Gasteiger partial charge in [0, 0.05) is 37.2 Å². The number of fused-ring (bicyclic) bond motifs is 1. The van der Waals surface area contributed by atoms with Crippen molar-refractivity contribution in [3.63, 3.8) is 0 Å². The second kappa shape index (κ2) is 7.05. The third-order valence-corrected chi connectivity index (χ3v) is 5.97. The largest absolute Gasteiger partial charge is 0.322 e. The van der Waals surface area contributed by atoms with Gasteiger partial charge in [-0.15, -0.1) is 0 Å². The smallest absolute Gasteiger partial charge is 0.255 e. The summed E-state index contributed by atoms with van der Waals surface area (Å²) in [5.41, 5.74) is 2.89. The van der Waals surface area contributed by atoms with Crippen molar-refractivity contribution in [2.45, 2.75) is 57.3 Å². The summed E-state index contributed by atoms with van der Waals surface area (Å²) in [7, 11) is 0. The van der Waals surface area contributed by atoms with Crippen molar-refractivity contribution in [1.82, 2.24) is 20.9 Å². The van der Waals surface area contributed by atoms with Gasteiger partial charge < -0.3 is 15.5 Å². The molecule has 0 bridgehead atoms. The van der Waals surface area contributed by atoms with E-state index in [0.29, 0.717) is 25.1 Å². The Bertz CT molecular complexity index is 785. The van der Waals surface area contributed by atoms with Gasteiger partial charge in [0.2, 0.25) is 11.8 Å². The predicted octanol–water partition coefficient (Wildman–Crippen LogP) is 0.679. The second-order valence-electron chi connectivity index (χ2n) is 8.04. The molecule has 3 aliphatic rings. The molecule has 3 amide bonds. The highest BCUT2D eigenvalue weighted by Gasteiger charge is 2.39. The topological polar surface area (TPSA) is 90.5 Å². The summed E-state index contributed by atoms with van der Waals surface area (Å²) in [6.07, 6.45) is 3.03. The van der Waals surface area contributed by atoms with Crippen LogP contribution in [0.3, 0.4) is 0 Å². The summed E-state index contributed by atoms with van der Waals surface area (Å²) < 4.78 is 0. The molecule has 0 saturated carbocycles. The first-order chi connectivity index (χ1) is 13.0. The fourth-order valence-corrected chi connectivity index (χ4v) is 4.40. The number of carbonyl (C=O) groups excluding carboxylic acids is 3. The maximum atomic E-state index is 12.8. The lowest BCUT2D eigenvalue weighted by Gasteiger charge is -2.29. The summed E-state index contributed by atoms with van der Waals surface area (Å²) in [5, 5.41) is 9.41. The van der Waals surface area contributed by atoms with E-state index in [-0.39, 0.29) is 29.7 Å². The van der Waals surface area contributed by atoms with Gasteiger partial charge in [0.1, 0.15) is 6.04 Å². The van der Waals surface area contributed by atoms with Crippen LogP contribution in [0.4, 0.5) is 0 Å². The number of carbonyl (C=O) groups is 3.